The minimum Gasteiger partial charge on any atom is -0.294 e. The van der Waals surface area contributed by atoms with Crippen molar-refractivity contribution < 1.29 is 4.79 Å². The van der Waals surface area contributed by atoms with Crippen molar-refractivity contribution in [3.8, 4) is 0 Å². The molecule has 0 aromatic carbocycles. The number of hydrogen-bond donors (Lipinski definition) is 2. The number of hydrazine groups is 1. The van der Waals surface area contributed by atoms with Gasteiger partial charge in [0.05, 0.1) is 10.0 Å². The van der Waals surface area contributed by atoms with Gasteiger partial charge < -0.3 is 0 Å². The van der Waals surface area contributed by atoms with Crippen molar-refractivity contribution in [1.29, 1.82) is 0 Å². The van der Waals surface area contributed by atoms with Crippen molar-refractivity contribution in [1.82, 2.24) is 10.4 Å². The van der Waals surface area contributed by atoms with E-state index in [9.17, 15) is 4.79 Å². The fraction of sp³-hybridized carbons (Fsp3) is 0.400. The van der Waals surface area contributed by atoms with Crippen LogP contribution in [0, 0.1) is 0 Å². The van der Waals surface area contributed by atoms with Crippen LogP contribution in [0.5, 0.6) is 0 Å². The van der Waals surface area contributed by atoms with E-state index in [-0.39, 0.29) is 5.91 Å². The average molecular weight is 260 g/mol. The molecule has 16 heavy (non-hydrogen) atoms. The second-order valence-corrected chi connectivity index (χ2v) is 5.24. The molecule has 0 saturated carbocycles. The van der Waals surface area contributed by atoms with Gasteiger partial charge in [0.25, 0.3) is 0 Å². The molecule has 0 aliphatic rings. The van der Waals surface area contributed by atoms with Gasteiger partial charge in [-0.25, -0.2) is 10.8 Å². The maximum atomic E-state index is 10.9. The second-order valence-electron chi connectivity index (χ2n) is 3.35. The maximum Gasteiger partial charge on any atom is 0.233 e. The van der Waals surface area contributed by atoms with Crippen LogP contribution >= 0.6 is 23.4 Å². The smallest absolute Gasteiger partial charge is 0.233 e. The molecular formula is C10H14ClN3OS. The van der Waals surface area contributed by atoms with Crippen molar-refractivity contribution in [2.45, 2.75) is 30.0 Å². The molecule has 1 aromatic rings. The molecule has 1 atom stereocenters. The van der Waals surface area contributed by atoms with Crippen molar-refractivity contribution in [3.05, 3.63) is 23.4 Å². The number of nitrogens with zero attached hydrogens (tertiary/aromatic N) is 1. The molecule has 6 heteroatoms. The zero-order valence-corrected chi connectivity index (χ0v) is 10.5. The van der Waals surface area contributed by atoms with E-state index in [4.69, 9.17) is 17.4 Å². The van der Waals surface area contributed by atoms with E-state index in [0.717, 1.165) is 11.4 Å². The van der Waals surface area contributed by atoms with Gasteiger partial charge in [0.2, 0.25) is 5.91 Å². The molecule has 1 heterocycles. The molecule has 0 aliphatic heterocycles. The summed E-state index contributed by atoms with van der Waals surface area (Å²) in [6.45, 7) is 2.05. The first-order chi connectivity index (χ1) is 7.61. The predicted molar refractivity (Wildman–Crippen MR) is 66.1 cm³/mol. The normalized spacial score (nSPS) is 12.2. The number of rotatable bonds is 5. The first-order valence-corrected chi connectivity index (χ1v) is 6.15. The summed E-state index contributed by atoms with van der Waals surface area (Å²) >= 11 is 7.35. The first-order valence-electron chi connectivity index (χ1n) is 4.89. The summed E-state index contributed by atoms with van der Waals surface area (Å²) in [6, 6.07) is 3.67. The van der Waals surface area contributed by atoms with Crippen LogP contribution < -0.4 is 11.3 Å². The van der Waals surface area contributed by atoms with Gasteiger partial charge in [-0.1, -0.05) is 18.5 Å². The summed E-state index contributed by atoms with van der Waals surface area (Å²) in [5.41, 5.74) is 2.11. The van der Waals surface area contributed by atoms with Crippen LogP contribution in [0.1, 0.15) is 19.8 Å². The topological polar surface area (TPSA) is 68.0 Å². The fourth-order valence-electron chi connectivity index (χ4n) is 1.10. The standard InChI is InChI=1S/C10H14ClN3OS/c1-7(2-4-9(15)14-12)16-10-5-3-8(11)6-13-10/h3,5-7H,2,4,12H2,1H3,(H,14,15). The largest absolute Gasteiger partial charge is 0.294 e. The van der Waals surface area contributed by atoms with Crippen molar-refractivity contribution >= 4 is 29.3 Å². The van der Waals surface area contributed by atoms with E-state index in [1.54, 1.807) is 24.0 Å². The first kappa shape index (κ1) is 13.3. The Kier molecular flexibility index (Phi) is 5.59. The highest BCUT2D eigenvalue weighted by molar-refractivity contribution is 7.99. The van der Waals surface area contributed by atoms with Gasteiger partial charge in [0, 0.05) is 17.9 Å². The van der Waals surface area contributed by atoms with Crippen LogP contribution in [-0.4, -0.2) is 16.1 Å². The van der Waals surface area contributed by atoms with E-state index >= 15 is 0 Å². The van der Waals surface area contributed by atoms with Gasteiger partial charge in [-0.05, 0) is 18.6 Å². The molecule has 1 amide bonds. The van der Waals surface area contributed by atoms with Crippen LogP contribution in [0.3, 0.4) is 0 Å². The summed E-state index contributed by atoms with van der Waals surface area (Å²) in [6.07, 6.45) is 2.81. The Morgan fingerprint density at radius 2 is 2.44 bits per heavy atom. The van der Waals surface area contributed by atoms with Gasteiger partial charge >= 0.3 is 0 Å². The molecule has 4 nitrogen and oxygen atoms in total. The fourth-order valence-corrected chi connectivity index (χ4v) is 2.12. The lowest BCUT2D eigenvalue weighted by Gasteiger charge is -2.09. The summed E-state index contributed by atoms with van der Waals surface area (Å²) < 4.78 is 0. The lowest BCUT2D eigenvalue weighted by Crippen LogP contribution is -2.30. The molecule has 0 fully saturated rings. The van der Waals surface area contributed by atoms with Crippen LogP contribution in [-0.2, 0) is 4.79 Å². The highest BCUT2D eigenvalue weighted by Crippen LogP contribution is 2.24. The van der Waals surface area contributed by atoms with Crippen molar-refractivity contribution in [2.75, 3.05) is 0 Å². The average Bonchev–Trinajstić information content (AvgIpc) is 2.29. The highest BCUT2D eigenvalue weighted by Gasteiger charge is 2.08. The number of thioether (sulfide) groups is 1. The number of pyridine rings is 1. The third-order valence-electron chi connectivity index (χ3n) is 1.96. The molecule has 1 unspecified atom stereocenters. The molecule has 3 N–H and O–H groups in total. The molecule has 0 radical (unpaired) electrons. The Morgan fingerprint density at radius 3 is 3.00 bits per heavy atom. The number of carbonyl (C=O) groups is 1. The molecule has 0 saturated heterocycles. The molecule has 0 bridgehead atoms. The second kappa shape index (κ2) is 6.73. The third kappa shape index (κ3) is 4.83. The Labute approximate surface area is 104 Å². The van der Waals surface area contributed by atoms with Gasteiger partial charge in [0.15, 0.2) is 0 Å². The van der Waals surface area contributed by atoms with Crippen LogP contribution in [0.4, 0.5) is 0 Å². The predicted octanol–water partition coefficient (Wildman–Crippen LogP) is 1.99. The molecule has 1 aromatic heterocycles. The van der Waals surface area contributed by atoms with Crippen LogP contribution in [0.2, 0.25) is 5.02 Å². The molecular weight excluding hydrogens is 246 g/mol. The Morgan fingerprint density at radius 1 is 1.69 bits per heavy atom. The lowest BCUT2D eigenvalue weighted by atomic mass is 10.2. The molecule has 88 valence electrons. The van der Waals surface area contributed by atoms with E-state index in [1.165, 1.54) is 0 Å². The highest BCUT2D eigenvalue weighted by atomic mass is 35.5. The number of nitrogens with one attached hydrogen (secondary N) is 1. The summed E-state index contributed by atoms with van der Waals surface area (Å²) in [5.74, 6) is 4.85. The third-order valence-corrected chi connectivity index (χ3v) is 3.31. The number of aromatic nitrogens is 1. The van der Waals surface area contributed by atoms with Gasteiger partial charge in [-0.2, -0.15) is 0 Å². The zero-order chi connectivity index (χ0) is 12.0. The molecule has 0 aliphatic carbocycles. The van der Waals surface area contributed by atoms with E-state index in [0.29, 0.717) is 16.7 Å². The lowest BCUT2D eigenvalue weighted by molar-refractivity contribution is -0.121. The monoisotopic (exact) mass is 259 g/mol. The Balaban J connectivity index is 2.36. The number of halogens is 1. The maximum absolute atomic E-state index is 10.9. The van der Waals surface area contributed by atoms with E-state index in [1.807, 2.05) is 13.0 Å². The number of hydrogen-bond acceptors (Lipinski definition) is 4. The van der Waals surface area contributed by atoms with E-state index in [2.05, 4.69) is 10.4 Å². The molecule has 0 spiro atoms. The van der Waals surface area contributed by atoms with Gasteiger partial charge in [0.1, 0.15) is 0 Å². The molecule has 1 rings (SSSR count). The Hall–Kier alpha value is -0.780. The SMILES string of the molecule is CC(CCC(=O)NN)Sc1ccc(Cl)cn1. The van der Waals surface area contributed by atoms with Crippen molar-refractivity contribution in [3.63, 3.8) is 0 Å². The Bertz CT molecular complexity index is 344. The van der Waals surface area contributed by atoms with E-state index < -0.39 is 0 Å². The number of carbonyl (C=O) groups excluding carboxylic acids is 1. The quantitative estimate of drug-likeness (QED) is 0.367. The minimum absolute atomic E-state index is 0.142. The number of nitrogens with two attached hydrogens (primary N) is 1. The summed E-state index contributed by atoms with van der Waals surface area (Å²) in [4.78, 5) is 15.1. The number of amides is 1. The van der Waals surface area contributed by atoms with Gasteiger partial charge in [-0.15, -0.1) is 11.8 Å². The summed E-state index contributed by atoms with van der Waals surface area (Å²) in [5, 5.41) is 1.84. The minimum atomic E-state index is -0.142. The summed E-state index contributed by atoms with van der Waals surface area (Å²) in [7, 11) is 0. The van der Waals surface area contributed by atoms with Gasteiger partial charge in [-0.3, -0.25) is 10.2 Å². The van der Waals surface area contributed by atoms with Crippen LogP contribution in [0.15, 0.2) is 23.4 Å². The van der Waals surface area contributed by atoms with Crippen molar-refractivity contribution in [2.24, 2.45) is 5.84 Å². The van der Waals surface area contributed by atoms with Crippen LogP contribution in [0.25, 0.3) is 0 Å². The zero-order valence-electron chi connectivity index (χ0n) is 8.94.